The van der Waals surface area contributed by atoms with Crippen LogP contribution in [0.2, 0.25) is 0 Å². The average molecular weight is 429 g/mol. The highest BCUT2D eigenvalue weighted by Gasteiger charge is 2.42. The fourth-order valence-corrected chi connectivity index (χ4v) is 5.48. The smallest absolute Gasteiger partial charge is 0.452 e. The van der Waals surface area contributed by atoms with Crippen LogP contribution in [0.25, 0.3) is 0 Å². The van der Waals surface area contributed by atoms with Crippen molar-refractivity contribution in [2.45, 2.75) is 102 Å². The molecule has 0 bridgehead atoms. The summed E-state index contributed by atoms with van der Waals surface area (Å²) in [6, 6.07) is 6.49. The quantitative estimate of drug-likeness (QED) is 0.377. The zero-order valence-corrected chi connectivity index (χ0v) is 18.1. The van der Waals surface area contributed by atoms with Crippen molar-refractivity contribution in [2.75, 3.05) is 0 Å². The third-order valence-corrected chi connectivity index (χ3v) is 7.34. The third-order valence-electron chi connectivity index (χ3n) is 7.34. The van der Waals surface area contributed by atoms with Crippen LogP contribution < -0.4 is 4.74 Å². The molecule has 5 heteroatoms. The number of rotatable bonds is 8. The zero-order valence-electron chi connectivity index (χ0n) is 18.1. The summed E-state index contributed by atoms with van der Waals surface area (Å²) in [7, 11) is 0. The highest BCUT2D eigenvalue weighted by Crippen LogP contribution is 2.40. The molecule has 0 radical (unpaired) electrons. The van der Waals surface area contributed by atoms with E-state index in [1.54, 1.807) is 12.1 Å². The Labute approximate surface area is 178 Å². The summed E-state index contributed by atoms with van der Waals surface area (Å²) in [5.74, 6) is 3.09. The number of benzene rings is 1. The van der Waals surface area contributed by atoms with Gasteiger partial charge in [0.05, 0.1) is 0 Å². The molecule has 2 saturated carbocycles. The maximum Gasteiger partial charge on any atom is 0.457 e. The molecule has 1 atom stereocenters. The second-order valence-corrected chi connectivity index (χ2v) is 9.51. The number of alkyl halides is 4. The van der Waals surface area contributed by atoms with E-state index in [0.29, 0.717) is 5.92 Å². The largest absolute Gasteiger partial charge is 0.457 e. The minimum atomic E-state index is -4.99. The Morgan fingerprint density at radius 2 is 1.27 bits per heavy atom. The van der Waals surface area contributed by atoms with Gasteiger partial charge in [0.25, 0.3) is 0 Å². The maximum atomic E-state index is 13.0. The lowest BCUT2D eigenvalue weighted by Crippen LogP contribution is -2.29. The molecule has 1 nitrogen and oxygen atoms in total. The van der Waals surface area contributed by atoms with E-state index >= 15 is 0 Å². The Balaban J connectivity index is 1.37. The third kappa shape index (κ3) is 6.88. The van der Waals surface area contributed by atoms with Crippen LogP contribution in [0.4, 0.5) is 17.6 Å². The predicted molar refractivity (Wildman–Crippen MR) is 112 cm³/mol. The molecular weight excluding hydrogens is 392 g/mol. The molecule has 1 unspecified atom stereocenters. The summed E-state index contributed by atoms with van der Waals surface area (Å²) in [6.45, 7) is 2.29. The first-order valence-corrected chi connectivity index (χ1v) is 11.8. The van der Waals surface area contributed by atoms with E-state index in [0.717, 1.165) is 36.2 Å². The minimum Gasteiger partial charge on any atom is -0.452 e. The van der Waals surface area contributed by atoms with Crippen molar-refractivity contribution >= 4 is 0 Å². The summed E-state index contributed by atoms with van der Waals surface area (Å²) in [5.41, 5.74) is 1.12. The van der Waals surface area contributed by atoms with E-state index in [2.05, 4.69) is 11.7 Å². The summed E-state index contributed by atoms with van der Waals surface area (Å²) in [6.07, 6.45) is 7.58. The van der Waals surface area contributed by atoms with Crippen LogP contribution in [-0.2, 0) is 0 Å². The SMILES string of the molecule is CCCC1CCC(CCC2CCC(c3ccc(OC(F)C(F)(F)F)cc3)CC2)CC1. The molecule has 170 valence electrons. The van der Waals surface area contributed by atoms with Crippen LogP contribution in [0.1, 0.15) is 95.5 Å². The molecule has 2 fully saturated rings. The monoisotopic (exact) mass is 428 g/mol. The van der Waals surface area contributed by atoms with Crippen LogP contribution >= 0.6 is 0 Å². The van der Waals surface area contributed by atoms with Crippen LogP contribution in [-0.4, -0.2) is 12.5 Å². The molecule has 0 aliphatic heterocycles. The Kier molecular flexibility index (Phi) is 8.47. The number of hydrogen-bond acceptors (Lipinski definition) is 1. The topological polar surface area (TPSA) is 9.23 Å². The molecular formula is C25H36F4O. The number of halogens is 4. The second-order valence-electron chi connectivity index (χ2n) is 9.51. The fourth-order valence-electron chi connectivity index (χ4n) is 5.48. The Morgan fingerprint density at radius 3 is 1.73 bits per heavy atom. The zero-order chi connectivity index (χ0) is 21.6. The number of hydrogen-bond donors (Lipinski definition) is 0. The van der Waals surface area contributed by atoms with Crippen molar-refractivity contribution in [1.82, 2.24) is 0 Å². The molecule has 2 aliphatic carbocycles. The van der Waals surface area contributed by atoms with E-state index in [9.17, 15) is 17.6 Å². The van der Waals surface area contributed by atoms with Gasteiger partial charge in [0.1, 0.15) is 5.75 Å². The van der Waals surface area contributed by atoms with Gasteiger partial charge in [-0.2, -0.15) is 17.6 Å². The van der Waals surface area contributed by atoms with Crippen molar-refractivity contribution in [1.29, 1.82) is 0 Å². The minimum absolute atomic E-state index is 0.0779. The predicted octanol–water partition coefficient (Wildman–Crippen LogP) is 8.58. The van der Waals surface area contributed by atoms with Crippen LogP contribution in [0.5, 0.6) is 5.75 Å². The molecule has 1 aromatic rings. The molecule has 0 spiro atoms. The van der Waals surface area contributed by atoms with Crippen LogP contribution in [0, 0.1) is 17.8 Å². The van der Waals surface area contributed by atoms with Crippen molar-refractivity contribution in [3.05, 3.63) is 29.8 Å². The summed E-state index contributed by atoms with van der Waals surface area (Å²) < 4.78 is 54.2. The van der Waals surface area contributed by atoms with E-state index in [-0.39, 0.29) is 5.75 Å². The van der Waals surface area contributed by atoms with Crippen molar-refractivity contribution in [3.63, 3.8) is 0 Å². The Hall–Kier alpha value is -1.26. The van der Waals surface area contributed by atoms with Gasteiger partial charge in [0.2, 0.25) is 0 Å². The Morgan fingerprint density at radius 1 is 0.800 bits per heavy atom. The molecule has 2 aliphatic rings. The average Bonchev–Trinajstić information content (AvgIpc) is 2.74. The van der Waals surface area contributed by atoms with Gasteiger partial charge in [-0.15, -0.1) is 0 Å². The van der Waals surface area contributed by atoms with Crippen molar-refractivity contribution < 1.29 is 22.3 Å². The van der Waals surface area contributed by atoms with Gasteiger partial charge in [-0.3, -0.25) is 0 Å². The van der Waals surface area contributed by atoms with Crippen LogP contribution in [0.15, 0.2) is 24.3 Å². The van der Waals surface area contributed by atoms with Gasteiger partial charge >= 0.3 is 12.5 Å². The van der Waals surface area contributed by atoms with E-state index in [1.165, 1.54) is 76.3 Å². The molecule has 0 saturated heterocycles. The molecule has 0 aromatic heterocycles. The molecule has 30 heavy (non-hydrogen) atoms. The summed E-state index contributed by atoms with van der Waals surface area (Å²) >= 11 is 0. The van der Waals surface area contributed by atoms with Gasteiger partial charge in [-0.1, -0.05) is 70.4 Å². The first-order valence-electron chi connectivity index (χ1n) is 11.8. The van der Waals surface area contributed by atoms with Gasteiger partial charge < -0.3 is 4.74 Å². The number of ether oxygens (including phenoxy) is 1. The molecule has 0 N–H and O–H groups in total. The van der Waals surface area contributed by atoms with Gasteiger partial charge in [-0.05, 0) is 67.1 Å². The van der Waals surface area contributed by atoms with Crippen LogP contribution in [0.3, 0.4) is 0 Å². The maximum absolute atomic E-state index is 13.0. The second kappa shape index (κ2) is 10.9. The lowest BCUT2D eigenvalue weighted by molar-refractivity contribution is -0.236. The molecule has 0 amide bonds. The van der Waals surface area contributed by atoms with E-state index in [4.69, 9.17) is 0 Å². The molecule has 0 heterocycles. The summed E-state index contributed by atoms with van der Waals surface area (Å²) in [4.78, 5) is 0. The Bertz CT molecular complexity index is 611. The van der Waals surface area contributed by atoms with Crippen molar-refractivity contribution in [2.24, 2.45) is 17.8 Å². The highest BCUT2D eigenvalue weighted by atomic mass is 19.4. The first kappa shape index (κ1) is 23.4. The van der Waals surface area contributed by atoms with E-state index in [1.807, 2.05) is 0 Å². The molecule has 1 aromatic carbocycles. The van der Waals surface area contributed by atoms with Gasteiger partial charge in [-0.25, -0.2) is 0 Å². The fraction of sp³-hybridized carbons (Fsp3) is 0.760. The standard InChI is InChI=1S/C25H36F4O/c1-2-3-18-4-6-19(7-5-18)8-9-20-10-12-21(13-11-20)22-14-16-23(17-15-22)30-24(26)25(27,28)29/h14-21,24H,2-13H2,1H3. The highest BCUT2D eigenvalue weighted by molar-refractivity contribution is 5.29. The van der Waals surface area contributed by atoms with Gasteiger partial charge in [0.15, 0.2) is 0 Å². The van der Waals surface area contributed by atoms with E-state index < -0.39 is 12.5 Å². The normalized spacial score (nSPS) is 28.8. The molecule has 3 rings (SSSR count). The lowest BCUT2D eigenvalue weighted by Gasteiger charge is -2.32. The first-order chi connectivity index (χ1) is 14.3. The summed E-state index contributed by atoms with van der Waals surface area (Å²) in [5, 5.41) is 0. The van der Waals surface area contributed by atoms with Crippen molar-refractivity contribution in [3.8, 4) is 5.75 Å². The van der Waals surface area contributed by atoms with Gasteiger partial charge in [0, 0.05) is 0 Å². The lowest BCUT2D eigenvalue weighted by atomic mass is 9.74.